The smallest absolute Gasteiger partial charge is 0.159 e. The van der Waals surface area contributed by atoms with E-state index in [0.717, 1.165) is 55.4 Å². The highest BCUT2D eigenvalue weighted by molar-refractivity contribution is 6.09. The van der Waals surface area contributed by atoms with E-state index in [2.05, 4.69) is 173 Å². The van der Waals surface area contributed by atoms with E-state index < -0.39 is 0 Å². The van der Waals surface area contributed by atoms with E-state index in [-0.39, 0.29) is 0 Å². The first-order chi connectivity index (χ1) is 23.3. The van der Waals surface area contributed by atoms with E-state index in [4.69, 9.17) is 4.42 Å². The van der Waals surface area contributed by atoms with Crippen LogP contribution in [0.3, 0.4) is 0 Å². The van der Waals surface area contributed by atoms with Gasteiger partial charge in [0.25, 0.3) is 0 Å². The van der Waals surface area contributed by atoms with Crippen molar-refractivity contribution < 1.29 is 4.42 Å². The Labute approximate surface area is 270 Å². The van der Waals surface area contributed by atoms with E-state index >= 15 is 0 Å². The number of hydrogen-bond donors (Lipinski definition) is 0. The molecule has 3 nitrogen and oxygen atoms in total. The van der Waals surface area contributed by atoms with Gasteiger partial charge in [-0.1, -0.05) is 109 Å². The first-order valence-corrected chi connectivity index (χ1v) is 16.0. The summed E-state index contributed by atoms with van der Waals surface area (Å²) in [7, 11) is 0. The Kier molecular flexibility index (Phi) is 5.57. The van der Waals surface area contributed by atoms with Crippen LogP contribution in [-0.2, 0) is 0 Å². The summed E-state index contributed by atoms with van der Waals surface area (Å²) >= 11 is 0. The largest absolute Gasteiger partial charge is 0.454 e. The fourth-order valence-corrected chi connectivity index (χ4v) is 7.33. The van der Waals surface area contributed by atoms with Crippen LogP contribution in [0.5, 0.6) is 0 Å². The number of hydrogen-bond acceptors (Lipinski definition) is 1. The van der Waals surface area contributed by atoms with E-state index in [1.54, 1.807) is 0 Å². The molecule has 0 saturated heterocycles. The molecule has 3 heteroatoms. The molecule has 0 saturated carbocycles. The SMILES string of the molecule is c1ccc(-c2ccc(-n3c4ccc5cccc(c5c4)n(-c4cccc5c4oc4ccccc45)c4ccc5cccc3c5c4)cc2)cc1. The molecule has 8 aromatic carbocycles. The molecule has 0 spiro atoms. The van der Waals surface area contributed by atoms with Crippen molar-refractivity contribution in [2.75, 3.05) is 0 Å². The van der Waals surface area contributed by atoms with Gasteiger partial charge in [-0.3, -0.25) is 0 Å². The molecule has 0 aliphatic rings. The maximum Gasteiger partial charge on any atom is 0.159 e. The molecular formula is C44H28N2O. The maximum absolute atomic E-state index is 6.61. The average molecular weight is 601 g/mol. The van der Waals surface area contributed by atoms with Crippen molar-refractivity contribution in [3.8, 4) is 22.5 Å². The Hall–Kier alpha value is -6.32. The van der Waals surface area contributed by atoms with E-state index in [0.29, 0.717) is 0 Å². The fourth-order valence-electron chi connectivity index (χ4n) is 7.33. The van der Waals surface area contributed by atoms with Crippen LogP contribution in [0.15, 0.2) is 174 Å². The third-order valence-corrected chi connectivity index (χ3v) is 9.54. The predicted molar refractivity (Wildman–Crippen MR) is 197 cm³/mol. The van der Waals surface area contributed by atoms with Gasteiger partial charge in [0.15, 0.2) is 5.58 Å². The summed E-state index contributed by atoms with van der Waals surface area (Å²) in [5.41, 5.74) is 10.8. The third-order valence-electron chi connectivity index (χ3n) is 9.54. The number of aromatic nitrogens is 2. The molecule has 0 aliphatic heterocycles. The van der Waals surface area contributed by atoms with Crippen molar-refractivity contribution in [1.82, 2.24) is 9.13 Å². The van der Waals surface area contributed by atoms with E-state index in [9.17, 15) is 0 Å². The Morgan fingerprint density at radius 1 is 0.383 bits per heavy atom. The lowest BCUT2D eigenvalue weighted by atomic mass is 10.0. The van der Waals surface area contributed by atoms with E-state index in [1.807, 2.05) is 6.07 Å². The Balaban J connectivity index is 1.35. The molecular weight excluding hydrogens is 572 g/mol. The number of nitrogens with zero attached hydrogens (tertiary/aromatic N) is 2. The van der Waals surface area contributed by atoms with Crippen LogP contribution in [0, 0.1) is 0 Å². The number of furan rings is 1. The number of rotatable bonds is 3. The summed E-state index contributed by atoms with van der Waals surface area (Å²) in [5.74, 6) is 0. The van der Waals surface area contributed by atoms with Gasteiger partial charge in [-0.2, -0.15) is 0 Å². The van der Waals surface area contributed by atoms with Gasteiger partial charge in [0.1, 0.15) is 5.58 Å². The first kappa shape index (κ1) is 26.0. The quantitative estimate of drug-likeness (QED) is 0.198. The minimum absolute atomic E-state index is 0.882. The Bertz CT molecular complexity index is 2830. The summed E-state index contributed by atoms with van der Waals surface area (Å²) in [6, 6.07) is 61.1. The van der Waals surface area contributed by atoms with Crippen molar-refractivity contribution in [3.63, 3.8) is 0 Å². The van der Waals surface area contributed by atoms with Crippen LogP contribution in [0.2, 0.25) is 0 Å². The summed E-state index contributed by atoms with van der Waals surface area (Å²) in [4.78, 5) is 0. The molecule has 0 unspecified atom stereocenters. The molecule has 10 aromatic rings. The average Bonchev–Trinajstić information content (AvgIpc) is 3.52. The maximum atomic E-state index is 6.61. The van der Waals surface area contributed by atoms with Crippen LogP contribution in [0.25, 0.3) is 88.1 Å². The van der Waals surface area contributed by atoms with Crippen LogP contribution >= 0.6 is 0 Å². The lowest BCUT2D eigenvalue weighted by Crippen LogP contribution is -2.01. The molecule has 0 aliphatic carbocycles. The third kappa shape index (κ3) is 4.00. The second-order valence-electron chi connectivity index (χ2n) is 12.2. The van der Waals surface area contributed by atoms with Gasteiger partial charge in [0.05, 0.1) is 16.7 Å². The molecule has 2 aromatic heterocycles. The minimum Gasteiger partial charge on any atom is -0.454 e. The van der Waals surface area contributed by atoms with Gasteiger partial charge in [-0.05, 0) is 82.6 Å². The Morgan fingerprint density at radius 3 is 1.72 bits per heavy atom. The van der Waals surface area contributed by atoms with Crippen LogP contribution in [0.4, 0.5) is 0 Å². The molecule has 0 fully saturated rings. The van der Waals surface area contributed by atoms with Gasteiger partial charge in [0.2, 0.25) is 0 Å². The minimum atomic E-state index is 0.882. The summed E-state index contributed by atoms with van der Waals surface area (Å²) < 4.78 is 11.4. The monoisotopic (exact) mass is 600 g/mol. The highest BCUT2D eigenvalue weighted by Crippen LogP contribution is 2.37. The van der Waals surface area contributed by atoms with Gasteiger partial charge in [-0.25, -0.2) is 0 Å². The second kappa shape index (κ2) is 10.1. The molecule has 0 radical (unpaired) electrons. The van der Waals surface area contributed by atoms with Gasteiger partial charge < -0.3 is 13.6 Å². The fraction of sp³-hybridized carbons (Fsp3) is 0. The molecule has 10 rings (SSSR count). The summed E-state index contributed by atoms with van der Waals surface area (Å²) in [6.07, 6.45) is 0. The molecule has 2 heterocycles. The molecule has 220 valence electrons. The lowest BCUT2D eigenvalue weighted by Gasteiger charge is -2.18. The van der Waals surface area contributed by atoms with Crippen LogP contribution in [-0.4, -0.2) is 9.13 Å². The first-order valence-electron chi connectivity index (χ1n) is 16.0. The predicted octanol–water partition coefficient (Wildman–Crippen LogP) is 12.0. The van der Waals surface area contributed by atoms with E-state index in [1.165, 1.54) is 32.7 Å². The Morgan fingerprint density at radius 2 is 0.979 bits per heavy atom. The van der Waals surface area contributed by atoms with Crippen molar-refractivity contribution in [1.29, 1.82) is 0 Å². The molecule has 0 N–H and O–H groups in total. The highest BCUT2D eigenvalue weighted by Gasteiger charge is 2.16. The number of benzene rings is 8. The van der Waals surface area contributed by atoms with Crippen molar-refractivity contribution in [2.45, 2.75) is 0 Å². The van der Waals surface area contributed by atoms with Crippen molar-refractivity contribution >= 4 is 65.6 Å². The molecule has 47 heavy (non-hydrogen) atoms. The summed E-state index contributed by atoms with van der Waals surface area (Å²) in [6.45, 7) is 0. The van der Waals surface area contributed by atoms with Crippen molar-refractivity contribution in [3.05, 3.63) is 170 Å². The van der Waals surface area contributed by atoms with Gasteiger partial charge >= 0.3 is 0 Å². The molecule has 0 atom stereocenters. The topological polar surface area (TPSA) is 23.0 Å². The van der Waals surface area contributed by atoms with Gasteiger partial charge in [0, 0.05) is 38.3 Å². The zero-order valence-electron chi connectivity index (χ0n) is 25.5. The number of fused-ring (bicyclic) bond motifs is 5. The highest BCUT2D eigenvalue weighted by atomic mass is 16.3. The lowest BCUT2D eigenvalue weighted by molar-refractivity contribution is 0.666. The van der Waals surface area contributed by atoms with Crippen LogP contribution < -0.4 is 0 Å². The van der Waals surface area contributed by atoms with Crippen LogP contribution in [0.1, 0.15) is 0 Å². The summed E-state index contributed by atoms with van der Waals surface area (Å²) in [5, 5.41) is 6.96. The van der Waals surface area contributed by atoms with Crippen molar-refractivity contribution in [2.24, 2.45) is 0 Å². The number of para-hydroxylation sites is 2. The normalized spacial score (nSPS) is 11.8. The molecule has 0 amide bonds. The second-order valence-corrected chi connectivity index (χ2v) is 12.2. The zero-order chi connectivity index (χ0) is 30.9. The standard InChI is InChI=1S/C44H28N2O/c1-2-9-29(10-3-1)30-19-23-33(24-20-30)45-34-25-21-32-12-7-16-41(39(32)27-34)46(35-26-22-31-11-6-15-40(45)38(31)28-35)42-17-8-14-37-36-13-4-5-18-43(36)47-44(37)42/h1-28H. The van der Waals surface area contributed by atoms with Gasteiger partial charge in [-0.15, -0.1) is 0 Å². The zero-order valence-corrected chi connectivity index (χ0v) is 25.5. The molecule has 4 bridgehead atoms.